The molecule has 1 saturated heterocycles. The van der Waals surface area contributed by atoms with Gasteiger partial charge in [-0.2, -0.15) is 0 Å². The molecule has 2 fully saturated rings. The molecule has 5 nitrogen and oxygen atoms in total. The summed E-state index contributed by atoms with van der Waals surface area (Å²) in [6, 6.07) is 5.32. The minimum Gasteiger partial charge on any atom is -0.376 e. The summed E-state index contributed by atoms with van der Waals surface area (Å²) in [5, 5.41) is 6.96. The van der Waals surface area contributed by atoms with Gasteiger partial charge in [-0.05, 0) is 43.4 Å². The number of hydrogen-bond donors (Lipinski definition) is 2. The highest BCUT2D eigenvalue weighted by atomic mass is 35.5. The van der Waals surface area contributed by atoms with Crippen LogP contribution in [-0.2, 0) is 20.7 Å². The average Bonchev–Trinajstić information content (AvgIpc) is 3.22. The summed E-state index contributed by atoms with van der Waals surface area (Å²) in [7, 11) is 0. The Balaban J connectivity index is 1.35. The second kappa shape index (κ2) is 8.39. The van der Waals surface area contributed by atoms with E-state index in [-0.39, 0.29) is 29.8 Å². The first-order valence-electron chi connectivity index (χ1n) is 8.65. The zero-order valence-corrected chi connectivity index (χ0v) is 15.4. The molecule has 1 aromatic carbocycles. The topological polar surface area (TPSA) is 67.4 Å². The third kappa shape index (κ3) is 5.09. The smallest absolute Gasteiger partial charge is 0.224 e. The SMILES string of the molecule is O=C(NCCc1ccc(Cl)cc1Cl)C1CC1C(=O)NCC1CCCO1. The molecule has 7 heteroatoms. The van der Waals surface area contributed by atoms with E-state index in [4.69, 9.17) is 27.9 Å². The quantitative estimate of drug-likeness (QED) is 0.758. The highest BCUT2D eigenvalue weighted by Gasteiger charge is 2.47. The minimum absolute atomic E-state index is 0.0450. The van der Waals surface area contributed by atoms with Crippen LogP contribution in [0.4, 0.5) is 0 Å². The number of carbonyl (C=O) groups is 2. The zero-order valence-electron chi connectivity index (χ0n) is 13.9. The van der Waals surface area contributed by atoms with Crippen molar-refractivity contribution in [3.63, 3.8) is 0 Å². The van der Waals surface area contributed by atoms with Gasteiger partial charge >= 0.3 is 0 Å². The molecule has 2 amide bonds. The Bertz CT molecular complexity index is 647. The Labute approximate surface area is 157 Å². The monoisotopic (exact) mass is 384 g/mol. The molecule has 1 aliphatic heterocycles. The maximum atomic E-state index is 12.1. The lowest BCUT2D eigenvalue weighted by atomic mass is 10.1. The normalized spacial score (nSPS) is 24.8. The number of halogens is 2. The Morgan fingerprint density at radius 3 is 2.60 bits per heavy atom. The predicted molar refractivity (Wildman–Crippen MR) is 96.8 cm³/mol. The molecular formula is C18H22Cl2N2O3. The maximum Gasteiger partial charge on any atom is 0.224 e. The number of rotatable bonds is 7. The van der Waals surface area contributed by atoms with Crippen LogP contribution in [0.2, 0.25) is 10.0 Å². The van der Waals surface area contributed by atoms with Crippen LogP contribution in [0.1, 0.15) is 24.8 Å². The van der Waals surface area contributed by atoms with E-state index in [0.717, 1.165) is 25.0 Å². The van der Waals surface area contributed by atoms with Gasteiger partial charge in [0.15, 0.2) is 0 Å². The van der Waals surface area contributed by atoms with E-state index >= 15 is 0 Å². The van der Waals surface area contributed by atoms with Crippen LogP contribution < -0.4 is 10.6 Å². The Morgan fingerprint density at radius 1 is 1.16 bits per heavy atom. The molecule has 3 unspecified atom stereocenters. The highest BCUT2D eigenvalue weighted by molar-refractivity contribution is 6.35. The van der Waals surface area contributed by atoms with E-state index in [1.807, 2.05) is 6.07 Å². The molecule has 1 saturated carbocycles. The number of benzene rings is 1. The Kier molecular flexibility index (Phi) is 6.20. The molecule has 0 bridgehead atoms. The third-order valence-electron chi connectivity index (χ3n) is 4.70. The van der Waals surface area contributed by atoms with Crippen molar-refractivity contribution in [2.45, 2.75) is 31.8 Å². The average molecular weight is 385 g/mol. The number of nitrogens with one attached hydrogen (secondary N) is 2. The standard InChI is InChI=1S/C18H22Cl2N2O3/c19-12-4-3-11(16(20)8-12)5-6-21-17(23)14-9-15(14)18(24)22-10-13-2-1-7-25-13/h3-4,8,13-15H,1-2,5-7,9-10H2,(H,21,23)(H,22,24). The molecule has 25 heavy (non-hydrogen) atoms. The second-order valence-corrected chi connectivity index (χ2v) is 7.45. The lowest BCUT2D eigenvalue weighted by Crippen LogP contribution is -2.35. The van der Waals surface area contributed by atoms with E-state index < -0.39 is 0 Å². The van der Waals surface area contributed by atoms with Crippen LogP contribution in [0.25, 0.3) is 0 Å². The maximum absolute atomic E-state index is 12.1. The molecule has 3 atom stereocenters. The molecule has 0 aromatic heterocycles. The molecule has 0 radical (unpaired) electrons. The summed E-state index contributed by atoms with van der Waals surface area (Å²) < 4.78 is 5.48. The van der Waals surface area contributed by atoms with Crippen LogP contribution in [0, 0.1) is 11.8 Å². The van der Waals surface area contributed by atoms with Gasteiger partial charge in [0.2, 0.25) is 11.8 Å². The van der Waals surface area contributed by atoms with Crippen molar-refractivity contribution in [1.29, 1.82) is 0 Å². The first kappa shape index (κ1) is 18.5. The molecule has 1 aliphatic carbocycles. The van der Waals surface area contributed by atoms with Crippen molar-refractivity contribution in [1.82, 2.24) is 10.6 Å². The van der Waals surface area contributed by atoms with Gasteiger partial charge in [-0.15, -0.1) is 0 Å². The predicted octanol–water partition coefficient (Wildman–Crippen LogP) is 2.58. The molecule has 3 rings (SSSR count). The van der Waals surface area contributed by atoms with Crippen LogP contribution in [-0.4, -0.2) is 37.6 Å². The lowest BCUT2D eigenvalue weighted by Gasteiger charge is -2.10. The van der Waals surface area contributed by atoms with Crippen LogP contribution in [0.15, 0.2) is 18.2 Å². The third-order valence-corrected chi connectivity index (χ3v) is 5.29. The van der Waals surface area contributed by atoms with Crippen molar-refractivity contribution in [3.8, 4) is 0 Å². The van der Waals surface area contributed by atoms with Crippen molar-refractivity contribution < 1.29 is 14.3 Å². The lowest BCUT2D eigenvalue weighted by molar-refractivity contribution is -0.127. The van der Waals surface area contributed by atoms with E-state index in [2.05, 4.69) is 10.6 Å². The van der Waals surface area contributed by atoms with Crippen molar-refractivity contribution in [2.24, 2.45) is 11.8 Å². The molecular weight excluding hydrogens is 363 g/mol. The fourth-order valence-corrected chi connectivity index (χ4v) is 3.60. The van der Waals surface area contributed by atoms with Crippen LogP contribution in [0.3, 0.4) is 0 Å². The molecule has 2 N–H and O–H groups in total. The highest BCUT2D eigenvalue weighted by Crippen LogP contribution is 2.38. The van der Waals surface area contributed by atoms with Gasteiger partial charge in [-0.1, -0.05) is 29.3 Å². The van der Waals surface area contributed by atoms with Crippen molar-refractivity contribution in [2.75, 3.05) is 19.7 Å². The summed E-state index contributed by atoms with van der Waals surface area (Å²) in [6.07, 6.45) is 3.41. The largest absolute Gasteiger partial charge is 0.376 e. The summed E-state index contributed by atoms with van der Waals surface area (Å²) in [6.45, 7) is 1.80. The van der Waals surface area contributed by atoms with Crippen LogP contribution >= 0.6 is 23.2 Å². The summed E-state index contributed by atoms with van der Waals surface area (Å²) in [5.41, 5.74) is 0.938. The summed E-state index contributed by atoms with van der Waals surface area (Å²) in [4.78, 5) is 24.2. The molecule has 136 valence electrons. The van der Waals surface area contributed by atoms with Crippen molar-refractivity contribution in [3.05, 3.63) is 33.8 Å². The number of hydrogen-bond acceptors (Lipinski definition) is 3. The number of carbonyl (C=O) groups excluding carboxylic acids is 2. The Hall–Kier alpha value is -1.30. The van der Waals surface area contributed by atoms with Gasteiger partial charge in [0.25, 0.3) is 0 Å². The second-order valence-electron chi connectivity index (χ2n) is 6.61. The van der Waals surface area contributed by atoms with Gasteiger partial charge in [-0.3, -0.25) is 9.59 Å². The van der Waals surface area contributed by atoms with Crippen molar-refractivity contribution >= 4 is 35.0 Å². The first-order valence-corrected chi connectivity index (χ1v) is 9.41. The van der Waals surface area contributed by atoms with Gasteiger partial charge < -0.3 is 15.4 Å². The first-order chi connectivity index (χ1) is 12.0. The molecule has 0 spiro atoms. The summed E-state index contributed by atoms with van der Waals surface area (Å²) >= 11 is 12.0. The van der Waals surface area contributed by atoms with Gasteiger partial charge in [0.1, 0.15) is 0 Å². The van der Waals surface area contributed by atoms with E-state index in [0.29, 0.717) is 36.0 Å². The van der Waals surface area contributed by atoms with Gasteiger partial charge in [0, 0.05) is 29.7 Å². The number of amides is 2. The van der Waals surface area contributed by atoms with E-state index in [9.17, 15) is 9.59 Å². The summed E-state index contributed by atoms with van der Waals surface area (Å²) in [5.74, 6) is -0.538. The molecule has 1 heterocycles. The van der Waals surface area contributed by atoms with Gasteiger partial charge in [-0.25, -0.2) is 0 Å². The fourth-order valence-electron chi connectivity index (χ4n) is 3.10. The van der Waals surface area contributed by atoms with E-state index in [1.165, 1.54) is 0 Å². The zero-order chi connectivity index (χ0) is 17.8. The van der Waals surface area contributed by atoms with E-state index in [1.54, 1.807) is 12.1 Å². The Morgan fingerprint density at radius 2 is 1.92 bits per heavy atom. The molecule has 1 aromatic rings. The van der Waals surface area contributed by atoms with Gasteiger partial charge in [0.05, 0.1) is 17.9 Å². The van der Waals surface area contributed by atoms with Crippen LogP contribution in [0.5, 0.6) is 0 Å². The minimum atomic E-state index is -0.217. The number of ether oxygens (including phenoxy) is 1. The molecule has 2 aliphatic rings. The fraction of sp³-hybridized carbons (Fsp3) is 0.556.